The molecule has 1 aliphatic heterocycles. The van der Waals surface area contributed by atoms with Gasteiger partial charge in [-0.15, -0.1) is 0 Å². The molecule has 0 spiro atoms. The molecule has 10 heavy (non-hydrogen) atoms. The van der Waals surface area contributed by atoms with Gasteiger partial charge in [-0.2, -0.15) is 0 Å². The Labute approximate surface area is 58.9 Å². The molecule has 1 fully saturated rings. The number of nitrogens with one attached hydrogen (secondary N) is 1. The molecule has 3 N–H and O–H groups in total. The van der Waals surface area contributed by atoms with Crippen molar-refractivity contribution in [3.63, 3.8) is 0 Å². The van der Waals surface area contributed by atoms with Crippen molar-refractivity contribution in [2.24, 2.45) is 0 Å². The molecule has 0 saturated carbocycles. The number of piperidine rings is 1. The van der Waals surface area contributed by atoms with Crippen LogP contribution in [0, 0.1) is 0 Å². The molecule has 3 atom stereocenters. The van der Waals surface area contributed by atoms with E-state index in [4.69, 9.17) is 10.2 Å². The first kappa shape index (κ1) is 7.91. The van der Waals surface area contributed by atoms with Crippen LogP contribution in [0.3, 0.4) is 0 Å². The van der Waals surface area contributed by atoms with Crippen LogP contribution in [0.1, 0.15) is 6.42 Å². The van der Waals surface area contributed by atoms with E-state index in [2.05, 4.69) is 5.32 Å². The van der Waals surface area contributed by atoms with Crippen LogP contribution in [0.4, 0.5) is 4.39 Å². The molecule has 1 heterocycles. The molecule has 4 heteroatoms. The van der Waals surface area contributed by atoms with Gasteiger partial charge >= 0.3 is 0 Å². The van der Waals surface area contributed by atoms with E-state index in [1.807, 2.05) is 0 Å². The van der Waals surface area contributed by atoms with Gasteiger partial charge < -0.3 is 15.5 Å². The molecule has 0 unspecified atom stereocenters. The largest absolute Gasteiger partial charge is 0.395 e. The van der Waals surface area contributed by atoms with Gasteiger partial charge in [-0.3, -0.25) is 0 Å². The van der Waals surface area contributed by atoms with Gasteiger partial charge in [-0.1, -0.05) is 0 Å². The van der Waals surface area contributed by atoms with Crippen LogP contribution in [0.5, 0.6) is 0 Å². The molecule has 0 aromatic heterocycles. The Morgan fingerprint density at radius 1 is 1.60 bits per heavy atom. The summed E-state index contributed by atoms with van der Waals surface area (Å²) in [7, 11) is 0. The van der Waals surface area contributed by atoms with Crippen LogP contribution in [0.2, 0.25) is 0 Å². The second-order valence-electron chi connectivity index (χ2n) is 2.61. The predicted molar refractivity (Wildman–Crippen MR) is 34.4 cm³/mol. The van der Waals surface area contributed by atoms with Crippen molar-refractivity contribution in [3.8, 4) is 0 Å². The smallest absolute Gasteiger partial charge is 0.129 e. The highest BCUT2D eigenvalue weighted by atomic mass is 19.1. The molecule has 0 bridgehead atoms. The SMILES string of the molecule is OC[C@@H]1C[C@H](F)[C@H](O)CN1. The Bertz CT molecular complexity index is 112. The summed E-state index contributed by atoms with van der Waals surface area (Å²) in [5, 5.41) is 20.3. The third kappa shape index (κ3) is 1.65. The lowest BCUT2D eigenvalue weighted by atomic mass is 10.0. The molecule has 1 aliphatic rings. The fraction of sp³-hybridized carbons (Fsp3) is 1.00. The molecule has 1 saturated heterocycles. The number of alkyl halides is 1. The predicted octanol–water partition coefficient (Wildman–Crippen LogP) is -0.960. The Balaban J connectivity index is 2.33. The minimum Gasteiger partial charge on any atom is -0.395 e. The van der Waals surface area contributed by atoms with Crippen molar-refractivity contribution in [1.82, 2.24) is 5.32 Å². The second kappa shape index (κ2) is 3.27. The van der Waals surface area contributed by atoms with Crippen LogP contribution in [-0.2, 0) is 0 Å². The molecular weight excluding hydrogens is 137 g/mol. The standard InChI is InChI=1S/C6H12FNO2/c7-5-1-4(3-9)8-2-6(5)10/h4-6,8-10H,1-3H2/t4-,5-,6+/m0/s1. The summed E-state index contributed by atoms with van der Waals surface area (Å²) in [5.41, 5.74) is 0. The quantitative estimate of drug-likeness (QED) is 0.450. The van der Waals surface area contributed by atoms with E-state index in [1.54, 1.807) is 0 Å². The third-order valence-corrected chi connectivity index (χ3v) is 1.76. The molecule has 0 radical (unpaired) electrons. The van der Waals surface area contributed by atoms with Gasteiger partial charge in [-0.25, -0.2) is 4.39 Å². The zero-order chi connectivity index (χ0) is 7.56. The summed E-state index contributed by atoms with van der Waals surface area (Å²) in [5.74, 6) is 0. The number of rotatable bonds is 1. The van der Waals surface area contributed by atoms with E-state index < -0.39 is 12.3 Å². The van der Waals surface area contributed by atoms with Crippen LogP contribution in [0.15, 0.2) is 0 Å². The molecular formula is C6H12FNO2. The zero-order valence-corrected chi connectivity index (χ0v) is 5.63. The maximum Gasteiger partial charge on any atom is 0.129 e. The Hall–Kier alpha value is -0.190. The zero-order valence-electron chi connectivity index (χ0n) is 5.63. The average Bonchev–Trinajstić information content (AvgIpc) is 1.95. The lowest BCUT2D eigenvalue weighted by Crippen LogP contribution is -2.49. The van der Waals surface area contributed by atoms with Gasteiger partial charge in [0.2, 0.25) is 0 Å². The summed E-state index contributed by atoms with van der Waals surface area (Å²) < 4.78 is 12.6. The van der Waals surface area contributed by atoms with E-state index in [0.717, 1.165) is 0 Å². The van der Waals surface area contributed by atoms with Crippen molar-refractivity contribution in [3.05, 3.63) is 0 Å². The number of aliphatic hydroxyl groups excluding tert-OH is 2. The summed E-state index contributed by atoms with van der Waals surface area (Å²) >= 11 is 0. The van der Waals surface area contributed by atoms with Crippen molar-refractivity contribution < 1.29 is 14.6 Å². The van der Waals surface area contributed by atoms with Crippen LogP contribution < -0.4 is 5.32 Å². The van der Waals surface area contributed by atoms with Crippen LogP contribution >= 0.6 is 0 Å². The highest BCUT2D eigenvalue weighted by Gasteiger charge is 2.27. The van der Waals surface area contributed by atoms with E-state index >= 15 is 0 Å². The van der Waals surface area contributed by atoms with Crippen molar-refractivity contribution in [2.45, 2.75) is 24.7 Å². The normalized spacial score (nSPS) is 41.7. The van der Waals surface area contributed by atoms with Crippen molar-refractivity contribution >= 4 is 0 Å². The Morgan fingerprint density at radius 2 is 2.30 bits per heavy atom. The van der Waals surface area contributed by atoms with Gasteiger partial charge in [0.15, 0.2) is 0 Å². The van der Waals surface area contributed by atoms with Gasteiger partial charge in [0.25, 0.3) is 0 Å². The fourth-order valence-electron chi connectivity index (χ4n) is 1.07. The topological polar surface area (TPSA) is 52.5 Å². The first-order valence-electron chi connectivity index (χ1n) is 3.40. The monoisotopic (exact) mass is 149 g/mol. The number of β-amino-alcohol motifs (C(OH)–C–C–N with tert-alkyl or cyclic N) is 1. The van der Waals surface area contributed by atoms with Gasteiger partial charge in [-0.05, 0) is 6.42 Å². The third-order valence-electron chi connectivity index (χ3n) is 1.76. The molecule has 3 nitrogen and oxygen atoms in total. The molecule has 0 amide bonds. The maximum atomic E-state index is 12.6. The van der Waals surface area contributed by atoms with Gasteiger partial charge in [0.05, 0.1) is 12.7 Å². The number of halogens is 1. The number of hydrogen-bond donors (Lipinski definition) is 3. The molecule has 60 valence electrons. The van der Waals surface area contributed by atoms with Crippen LogP contribution in [0.25, 0.3) is 0 Å². The highest BCUT2D eigenvalue weighted by molar-refractivity contribution is 4.83. The van der Waals surface area contributed by atoms with Gasteiger partial charge in [0.1, 0.15) is 6.17 Å². The lowest BCUT2D eigenvalue weighted by Gasteiger charge is -2.28. The first-order chi connectivity index (χ1) is 4.74. The molecule has 1 rings (SSSR count). The summed E-state index contributed by atoms with van der Waals surface area (Å²) in [4.78, 5) is 0. The average molecular weight is 149 g/mol. The number of aliphatic hydroxyl groups is 2. The first-order valence-corrected chi connectivity index (χ1v) is 3.40. The lowest BCUT2D eigenvalue weighted by molar-refractivity contribution is 0.0303. The van der Waals surface area contributed by atoms with Gasteiger partial charge in [0, 0.05) is 12.6 Å². The molecule has 0 aromatic rings. The van der Waals surface area contributed by atoms with E-state index in [9.17, 15) is 4.39 Å². The summed E-state index contributed by atoms with van der Waals surface area (Å²) in [6.45, 7) is 0.180. The van der Waals surface area contributed by atoms with Crippen LogP contribution in [-0.4, -0.2) is 41.7 Å². The van der Waals surface area contributed by atoms with Crippen molar-refractivity contribution in [2.75, 3.05) is 13.2 Å². The van der Waals surface area contributed by atoms with Crippen molar-refractivity contribution in [1.29, 1.82) is 0 Å². The van der Waals surface area contributed by atoms with E-state index in [-0.39, 0.29) is 25.6 Å². The molecule has 0 aromatic carbocycles. The molecule has 0 aliphatic carbocycles. The van der Waals surface area contributed by atoms with E-state index in [1.165, 1.54) is 0 Å². The highest BCUT2D eigenvalue weighted by Crippen LogP contribution is 2.11. The minimum absolute atomic E-state index is 0.0624. The number of hydrogen-bond acceptors (Lipinski definition) is 3. The minimum atomic E-state index is -1.18. The Kier molecular flexibility index (Phi) is 2.59. The maximum absolute atomic E-state index is 12.6. The Morgan fingerprint density at radius 3 is 2.80 bits per heavy atom. The van der Waals surface area contributed by atoms with E-state index in [0.29, 0.717) is 0 Å². The second-order valence-corrected chi connectivity index (χ2v) is 2.61. The summed E-state index contributed by atoms with van der Waals surface area (Å²) in [6, 6.07) is -0.182. The fourth-order valence-corrected chi connectivity index (χ4v) is 1.07. The summed E-state index contributed by atoms with van der Waals surface area (Å²) in [6.07, 6.45) is -1.88.